The van der Waals surface area contributed by atoms with E-state index in [4.69, 9.17) is 4.42 Å². The lowest BCUT2D eigenvalue weighted by Crippen LogP contribution is -2.49. The molecule has 0 radical (unpaired) electrons. The summed E-state index contributed by atoms with van der Waals surface area (Å²) < 4.78 is 5.40. The number of nitrogens with one attached hydrogen (secondary N) is 2. The van der Waals surface area contributed by atoms with Gasteiger partial charge in [0, 0.05) is 11.1 Å². The van der Waals surface area contributed by atoms with Crippen molar-refractivity contribution in [1.82, 2.24) is 10.6 Å². The van der Waals surface area contributed by atoms with E-state index in [1.165, 1.54) is 0 Å². The summed E-state index contributed by atoms with van der Waals surface area (Å²) >= 11 is 0. The van der Waals surface area contributed by atoms with Crippen molar-refractivity contribution in [2.24, 2.45) is 0 Å². The molecule has 1 aromatic rings. The average molecular weight is 268 g/mol. The van der Waals surface area contributed by atoms with E-state index < -0.39 is 5.60 Å². The molecule has 0 saturated heterocycles. The van der Waals surface area contributed by atoms with Gasteiger partial charge in [-0.05, 0) is 47.6 Å². The van der Waals surface area contributed by atoms with Gasteiger partial charge in [-0.1, -0.05) is 0 Å². The van der Waals surface area contributed by atoms with Crippen LogP contribution in [-0.2, 0) is 5.60 Å². The Morgan fingerprint density at radius 2 is 1.89 bits per heavy atom. The molecule has 0 bridgehead atoms. The molecule has 1 unspecified atom stereocenters. The number of carbonyl (C=O) groups is 1. The molecule has 5 nitrogen and oxygen atoms in total. The SMILES string of the molecule is Cc1cc(C(C)(O)CNC(=O)NC(C)(C)C)c(C)o1. The van der Waals surface area contributed by atoms with Crippen molar-refractivity contribution in [3.05, 3.63) is 23.2 Å². The third kappa shape index (κ3) is 4.59. The molecule has 1 aromatic heterocycles. The quantitative estimate of drug-likeness (QED) is 0.786. The number of aliphatic hydroxyl groups is 1. The van der Waals surface area contributed by atoms with Crippen LogP contribution in [0.4, 0.5) is 4.79 Å². The molecule has 2 amide bonds. The van der Waals surface area contributed by atoms with Crippen LogP contribution in [0.2, 0.25) is 0 Å². The second-order valence-corrected chi connectivity index (χ2v) is 6.16. The lowest BCUT2D eigenvalue weighted by molar-refractivity contribution is 0.0576. The molecular formula is C14H24N2O3. The number of rotatable bonds is 3. The van der Waals surface area contributed by atoms with E-state index in [1.807, 2.05) is 27.7 Å². The van der Waals surface area contributed by atoms with Gasteiger partial charge in [0.05, 0.1) is 6.54 Å². The molecule has 0 spiro atoms. The summed E-state index contributed by atoms with van der Waals surface area (Å²) in [5.41, 5.74) is -0.768. The monoisotopic (exact) mass is 268 g/mol. The molecule has 5 heteroatoms. The van der Waals surface area contributed by atoms with E-state index in [0.29, 0.717) is 11.3 Å². The maximum Gasteiger partial charge on any atom is 0.315 e. The Labute approximate surface area is 114 Å². The number of furan rings is 1. The number of aryl methyl sites for hydroxylation is 2. The standard InChI is InChI=1S/C14H24N2O3/c1-9-7-11(10(2)19-9)14(6,18)8-15-12(17)16-13(3,4)5/h7,18H,8H2,1-6H3,(H2,15,16,17). The minimum absolute atomic E-state index is 0.120. The first kappa shape index (κ1) is 15.6. The van der Waals surface area contributed by atoms with Crippen molar-refractivity contribution < 1.29 is 14.3 Å². The van der Waals surface area contributed by atoms with Crippen LogP contribution in [0.3, 0.4) is 0 Å². The van der Waals surface area contributed by atoms with Gasteiger partial charge in [-0.25, -0.2) is 4.79 Å². The molecule has 0 aliphatic rings. The van der Waals surface area contributed by atoms with Gasteiger partial charge in [-0.2, -0.15) is 0 Å². The number of carbonyl (C=O) groups excluding carboxylic acids is 1. The normalized spacial score (nSPS) is 14.9. The second-order valence-electron chi connectivity index (χ2n) is 6.16. The summed E-state index contributed by atoms with van der Waals surface area (Å²) in [6, 6.07) is 1.49. The zero-order valence-corrected chi connectivity index (χ0v) is 12.5. The van der Waals surface area contributed by atoms with Crippen LogP contribution in [-0.4, -0.2) is 23.2 Å². The molecule has 19 heavy (non-hydrogen) atoms. The zero-order valence-electron chi connectivity index (χ0n) is 12.5. The Morgan fingerprint density at radius 1 is 1.32 bits per heavy atom. The van der Waals surface area contributed by atoms with E-state index in [-0.39, 0.29) is 18.1 Å². The molecule has 1 atom stereocenters. The molecule has 0 aliphatic heterocycles. The first-order valence-electron chi connectivity index (χ1n) is 6.37. The topological polar surface area (TPSA) is 74.5 Å². The third-order valence-electron chi connectivity index (χ3n) is 2.70. The smallest absolute Gasteiger partial charge is 0.315 e. The van der Waals surface area contributed by atoms with Crippen LogP contribution in [0.15, 0.2) is 10.5 Å². The van der Waals surface area contributed by atoms with Crippen LogP contribution < -0.4 is 10.6 Å². The second kappa shape index (κ2) is 5.25. The number of hydrogen-bond acceptors (Lipinski definition) is 3. The maximum atomic E-state index is 11.7. The largest absolute Gasteiger partial charge is 0.466 e. The van der Waals surface area contributed by atoms with Gasteiger partial charge in [0.1, 0.15) is 17.1 Å². The van der Waals surface area contributed by atoms with E-state index in [1.54, 1.807) is 19.9 Å². The highest BCUT2D eigenvalue weighted by Gasteiger charge is 2.28. The van der Waals surface area contributed by atoms with Crippen LogP contribution in [0, 0.1) is 13.8 Å². The molecular weight excluding hydrogens is 244 g/mol. The number of amides is 2. The van der Waals surface area contributed by atoms with E-state index in [9.17, 15) is 9.90 Å². The van der Waals surface area contributed by atoms with Gasteiger partial charge >= 0.3 is 6.03 Å². The van der Waals surface area contributed by atoms with E-state index >= 15 is 0 Å². The summed E-state index contributed by atoms with van der Waals surface area (Å²) in [7, 11) is 0. The Kier molecular flexibility index (Phi) is 4.30. The first-order chi connectivity index (χ1) is 8.51. The Hall–Kier alpha value is -1.49. The van der Waals surface area contributed by atoms with Crippen LogP contribution in [0.25, 0.3) is 0 Å². The van der Waals surface area contributed by atoms with Crippen molar-refractivity contribution >= 4 is 6.03 Å². The molecule has 1 heterocycles. The molecule has 0 saturated carbocycles. The van der Waals surface area contributed by atoms with Crippen LogP contribution >= 0.6 is 0 Å². The molecule has 3 N–H and O–H groups in total. The summed E-state index contributed by atoms with van der Waals surface area (Å²) in [5.74, 6) is 1.41. The molecule has 0 aliphatic carbocycles. The fraction of sp³-hybridized carbons (Fsp3) is 0.643. The predicted molar refractivity (Wildman–Crippen MR) is 74.0 cm³/mol. The van der Waals surface area contributed by atoms with Crippen molar-refractivity contribution in [3.8, 4) is 0 Å². The third-order valence-corrected chi connectivity index (χ3v) is 2.70. The van der Waals surface area contributed by atoms with Crippen molar-refractivity contribution in [1.29, 1.82) is 0 Å². The summed E-state index contributed by atoms with van der Waals surface area (Å²) in [5, 5.41) is 15.9. The molecule has 1 rings (SSSR count). The van der Waals surface area contributed by atoms with Crippen LogP contribution in [0.1, 0.15) is 44.8 Å². The first-order valence-corrected chi connectivity index (χ1v) is 6.37. The van der Waals surface area contributed by atoms with Gasteiger partial charge in [-0.15, -0.1) is 0 Å². The average Bonchev–Trinajstić information content (AvgIpc) is 2.53. The minimum atomic E-state index is -1.16. The summed E-state index contributed by atoms with van der Waals surface area (Å²) in [6.45, 7) is 11.1. The van der Waals surface area contributed by atoms with E-state index in [2.05, 4.69) is 10.6 Å². The van der Waals surface area contributed by atoms with Crippen molar-refractivity contribution in [2.45, 2.75) is 52.7 Å². The van der Waals surface area contributed by atoms with Gasteiger partial charge in [-0.3, -0.25) is 0 Å². The molecule has 108 valence electrons. The number of hydrogen-bond donors (Lipinski definition) is 3. The fourth-order valence-corrected chi connectivity index (χ4v) is 1.90. The summed E-state index contributed by atoms with van der Waals surface area (Å²) in [6.07, 6.45) is 0. The Morgan fingerprint density at radius 3 is 2.32 bits per heavy atom. The fourth-order valence-electron chi connectivity index (χ4n) is 1.90. The minimum Gasteiger partial charge on any atom is -0.466 e. The van der Waals surface area contributed by atoms with Crippen molar-refractivity contribution in [2.75, 3.05) is 6.54 Å². The van der Waals surface area contributed by atoms with Gasteiger partial charge < -0.3 is 20.2 Å². The molecule has 0 fully saturated rings. The van der Waals surface area contributed by atoms with Gasteiger partial charge in [0.25, 0.3) is 0 Å². The van der Waals surface area contributed by atoms with Gasteiger partial charge in [0.15, 0.2) is 0 Å². The highest BCUT2D eigenvalue weighted by molar-refractivity contribution is 5.74. The predicted octanol–water partition coefficient (Wildman–Crippen LogP) is 2.20. The zero-order chi connectivity index (χ0) is 14.8. The van der Waals surface area contributed by atoms with E-state index in [0.717, 1.165) is 5.76 Å². The highest BCUT2D eigenvalue weighted by Crippen LogP contribution is 2.26. The highest BCUT2D eigenvalue weighted by atomic mass is 16.3. The van der Waals surface area contributed by atoms with Crippen molar-refractivity contribution in [3.63, 3.8) is 0 Å². The molecule has 0 aromatic carbocycles. The lowest BCUT2D eigenvalue weighted by atomic mass is 9.96. The van der Waals surface area contributed by atoms with Crippen LogP contribution in [0.5, 0.6) is 0 Å². The summed E-state index contributed by atoms with van der Waals surface area (Å²) in [4.78, 5) is 11.7. The maximum absolute atomic E-state index is 11.7. The Balaban J connectivity index is 2.66. The van der Waals surface area contributed by atoms with Gasteiger partial charge in [0.2, 0.25) is 0 Å². The Bertz CT molecular complexity index is 456. The number of urea groups is 1. The lowest BCUT2D eigenvalue weighted by Gasteiger charge is -2.26.